The fourth-order valence-corrected chi connectivity index (χ4v) is 1.14. The highest BCUT2D eigenvalue weighted by Crippen LogP contribution is 2.10. The zero-order chi connectivity index (χ0) is 11.3. The van der Waals surface area contributed by atoms with Gasteiger partial charge in [-0.15, -0.1) is 0 Å². The minimum Gasteiger partial charge on any atom is -0.384 e. The number of carbonyl (C=O) groups is 1. The zero-order valence-electron chi connectivity index (χ0n) is 8.90. The summed E-state index contributed by atoms with van der Waals surface area (Å²) < 4.78 is 0. The van der Waals surface area contributed by atoms with Gasteiger partial charge in [-0.2, -0.15) is 0 Å². The molecule has 0 aliphatic rings. The lowest BCUT2D eigenvalue weighted by Gasteiger charge is -2.20. The Kier molecular flexibility index (Phi) is 3.84. The Hall–Kier alpha value is -1.85. The van der Waals surface area contributed by atoms with Gasteiger partial charge >= 0.3 is 0 Å². The summed E-state index contributed by atoms with van der Waals surface area (Å²) >= 11 is 0. The Morgan fingerprint density at radius 3 is 2.87 bits per heavy atom. The number of nitrogens with two attached hydrogens (primary N) is 1. The quantitative estimate of drug-likeness (QED) is 0.707. The highest BCUT2D eigenvalue weighted by molar-refractivity contribution is 5.80. The Morgan fingerprint density at radius 1 is 1.60 bits per heavy atom. The number of likely N-dealkylation sites (N-methyl/N-ethyl adjacent to an activating group) is 2. The first-order valence-electron chi connectivity index (χ1n) is 4.70. The van der Waals surface area contributed by atoms with Crippen LogP contribution in [0.2, 0.25) is 0 Å². The van der Waals surface area contributed by atoms with Crippen molar-refractivity contribution in [3.8, 4) is 0 Å². The van der Waals surface area contributed by atoms with E-state index in [4.69, 9.17) is 5.73 Å². The van der Waals surface area contributed by atoms with E-state index >= 15 is 0 Å². The molecule has 0 unspecified atom stereocenters. The van der Waals surface area contributed by atoms with Crippen molar-refractivity contribution >= 4 is 17.5 Å². The summed E-state index contributed by atoms with van der Waals surface area (Å²) in [6, 6.07) is 1.65. The molecule has 0 aliphatic carbocycles. The molecule has 0 atom stereocenters. The van der Waals surface area contributed by atoms with E-state index in [2.05, 4.69) is 15.3 Å². The van der Waals surface area contributed by atoms with Crippen LogP contribution in [0.15, 0.2) is 12.4 Å². The number of rotatable bonds is 4. The molecule has 6 heteroatoms. The Balaban J connectivity index is 2.78. The van der Waals surface area contributed by atoms with Gasteiger partial charge in [0.25, 0.3) is 0 Å². The topological polar surface area (TPSA) is 84.1 Å². The first kappa shape index (κ1) is 11.2. The summed E-state index contributed by atoms with van der Waals surface area (Å²) in [7, 11) is 1.60. The van der Waals surface area contributed by atoms with E-state index in [1.54, 1.807) is 13.1 Å². The van der Waals surface area contributed by atoms with Gasteiger partial charge in [0, 0.05) is 19.7 Å². The molecule has 0 saturated heterocycles. The van der Waals surface area contributed by atoms with Crippen LogP contribution in [-0.2, 0) is 4.79 Å². The number of nitrogen functional groups attached to an aromatic ring is 1. The number of hydrogen-bond acceptors (Lipinski definition) is 5. The third kappa shape index (κ3) is 3.08. The predicted octanol–water partition coefficient (Wildman–Crippen LogP) is -0.369. The number of carbonyl (C=O) groups excluding carboxylic acids is 1. The van der Waals surface area contributed by atoms with Crippen molar-refractivity contribution in [2.24, 2.45) is 0 Å². The van der Waals surface area contributed by atoms with Crippen molar-refractivity contribution in [1.82, 2.24) is 15.3 Å². The van der Waals surface area contributed by atoms with Crippen LogP contribution in [-0.4, -0.2) is 36.0 Å². The molecule has 0 aliphatic heterocycles. The molecule has 6 nitrogen and oxygen atoms in total. The van der Waals surface area contributed by atoms with E-state index in [0.29, 0.717) is 18.2 Å². The van der Waals surface area contributed by atoms with Gasteiger partial charge in [-0.1, -0.05) is 0 Å². The van der Waals surface area contributed by atoms with Gasteiger partial charge in [-0.25, -0.2) is 9.97 Å². The largest absolute Gasteiger partial charge is 0.384 e. The molecule has 0 fully saturated rings. The SMILES string of the molecule is CCN(CC(=O)NC)c1cc(N)ncn1. The van der Waals surface area contributed by atoms with Crippen LogP contribution in [0.3, 0.4) is 0 Å². The molecular formula is C9H15N5O. The first-order chi connectivity index (χ1) is 7.17. The van der Waals surface area contributed by atoms with E-state index in [1.807, 2.05) is 11.8 Å². The third-order valence-electron chi connectivity index (χ3n) is 1.99. The Labute approximate surface area is 88.5 Å². The summed E-state index contributed by atoms with van der Waals surface area (Å²) in [5.41, 5.74) is 5.54. The van der Waals surface area contributed by atoms with Crippen molar-refractivity contribution in [2.45, 2.75) is 6.92 Å². The van der Waals surface area contributed by atoms with Gasteiger partial charge in [0.15, 0.2) is 0 Å². The van der Waals surface area contributed by atoms with Crippen molar-refractivity contribution < 1.29 is 4.79 Å². The van der Waals surface area contributed by atoms with E-state index in [-0.39, 0.29) is 12.5 Å². The lowest BCUT2D eigenvalue weighted by atomic mass is 10.4. The van der Waals surface area contributed by atoms with Crippen LogP contribution >= 0.6 is 0 Å². The summed E-state index contributed by atoms with van der Waals surface area (Å²) in [5.74, 6) is 0.998. The van der Waals surface area contributed by atoms with Crippen LogP contribution < -0.4 is 16.0 Å². The highest BCUT2D eigenvalue weighted by Gasteiger charge is 2.09. The summed E-state index contributed by atoms with van der Waals surface area (Å²) in [5, 5.41) is 2.56. The maximum Gasteiger partial charge on any atom is 0.239 e. The summed E-state index contributed by atoms with van der Waals surface area (Å²) in [4.78, 5) is 20.9. The van der Waals surface area contributed by atoms with Gasteiger partial charge in [0.05, 0.1) is 6.54 Å². The maximum absolute atomic E-state index is 11.2. The van der Waals surface area contributed by atoms with E-state index in [9.17, 15) is 4.79 Å². The molecule has 1 heterocycles. The molecule has 3 N–H and O–H groups in total. The van der Waals surface area contributed by atoms with Gasteiger partial charge < -0.3 is 16.0 Å². The van der Waals surface area contributed by atoms with E-state index in [0.717, 1.165) is 0 Å². The molecule has 1 amide bonds. The number of amides is 1. The Bertz CT molecular complexity index is 341. The Morgan fingerprint density at radius 2 is 2.33 bits per heavy atom. The standard InChI is InChI=1S/C9H15N5O/c1-3-14(5-9(15)11-2)8-4-7(10)12-6-13-8/h4,6H,3,5H2,1-2H3,(H,11,15)(H2,10,12,13). The first-order valence-corrected chi connectivity index (χ1v) is 4.70. The summed E-state index contributed by atoms with van der Waals surface area (Å²) in [6.07, 6.45) is 1.39. The molecule has 0 radical (unpaired) electrons. The van der Waals surface area contributed by atoms with Crippen LogP contribution in [0, 0.1) is 0 Å². The molecule has 0 aromatic carbocycles. The van der Waals surface area contributed by atoms with Crippen LogP contribution in [0.4, 0.5) is 11.6 Å². The molecule has 15 heavy (non-hydrogen) atoms. The fraction of sp³-hybridized carbons (Fsp3) is 0.444. The minimum absolute atomic E-state index is 0.0611. The molecule has 1 rings (SSSR count). The summed E-state index contributed by atoms with van der Waals surface area (Å²) in [6.45, 7) is 2.90. The van der Waals surface area contributed by atoms with Crippen LogP contribution in [0.1, 0.15) is 6.92 Å². The molecule has 82 valence electrons. The second-order valence-corrected chi connectivity index (χ2v) is 2.99. The second kappa shape index (κ2) is 5.14. The van der Waals surface area contributed by atoms with Crippen molar-refractivity contribution in [1.29, 1.82) is 0 Å². The lowest BCUT2D eigenvalue weighted by Crippen LogP contribution is -2.36. The van der Waals surface area contributed by atoms with E-state index in [1.165, 1.54) is 6.33 Å². The average molecular weight is 209 g/mol. The second-order valence-electron chi connectivity index (χ2n) is 2.99. The number of aromatic nitrogens is 2. The number of nitrogens with one attached hydrogen (secondary N) is 1. The van der Waals surface area contributed by atoms with Gasteiger partial charge in [0.1, 0.15) is 18.0 Å². The smallest absolute Gasteiger partial charge is 0.239 e. The minimum atomic E-state index is -0.0611. The fourth-order valence-electron chi connectivity index (χ4n) is 1.14. The average Bonchev–Trinajstić information content (AvgIpc) is 2.25. The lowest BCUT2D eigenvalue weighted by molar-refractivity contribution is -0.119. The zero-order valence-corrected chi connectivity index (χ0v) is 8.90. The number of anilines is 2. The van der Waals surface area contributed by atoms with E-state index < -0.39 is 0 Å². The number of nitrogens with zero attached hydrogens (tertiary/aromatic N) is 3. The maximum atomic E-state index is 11.2. The normalized spacial score (nSPS) is 9.73. The monoisotopic (exact) mass is 209 g/mol. The van der Waals surface area contributed by atoms with Crippen LogP contribution in [0.5, 0.6) is 0 Å². The van der Waals surface area contributed by atoms with Gasteiger partial charge in [-0.05, 0) is 6.92 Å². The van der Waals surface area contributed by atoms with Crippen molar-refractivity contribution in [3.63, 3.8) is 0 Å². The van der Waals surface area contributed by atoms with Crippen LogP contribution in [0.25, 0.3) is 0 Å². The molecular weight excluding hydrogens is 194 g/mol. The van der Waals surface area contributed by atoms with Gasteiger partial charge in [-0.3, -0.25) is 4.79 Å². The highest BCUT2D eigenvalue weighted by atomic mass is 16.1. The third-order valence-corrected chi connectivity index (χ3v) is 1.99. The molecule has 1 aromatic rings. The molecule has 0 spiro atoms. The van der Waals surface area contributed by atoms with Crippen molar-refractivity contribution in [3.05, 3.63) is 12.4 Å². The predicted molar refractivity (Wildman–Crippen MR) is 58.4 cm³/mol. The van der Waals surface area contributed by atoms with Crippen molar-refractivity contribution in [2.75, 3.05) is 30.8 Å². The molecule has 0 saturated carbocycles. The van der Waals surface area contributed by atoms with Gasteiger partial charge in [0.2, 0.25) is 5.91 Å². The number of hydrogen-bond donors (Lipinski definition) is 2. The molecule has 1 aromatic heterocycles. The molecule has 0 bridgehead atoms.